The van der Waals surface area contributed by atoms with Crippen molar-refractivity contribution in [3.63, 3.8) is 0 Å². The van der Waals surface area contributed by atoms with Crippen molar-refractivity contribution in [2.45, 2.75) is 90.4 Å². The molecule has 0 radical (unpaired) electrons. The van der Waals surface area contributed by atoms with Crippen molar-refractivity contribution in [3.8, 4) is 0 Å². The van der Waals surface area contributed by atoms with E-state index in [0.29, 0.717) is 5.78 Å². The summed E-state index contributed by atoms with van der Waals surface area (Å²) in [6.07, 6.45) is 16.9. The second-order valence-corrected chi connectivity index (χ2v) is 7.80. The predicted molar refractivity (Wildman–Crippen MR) is 88.2 cm³/mol. The SMILES string of the molecule is CCCCC1CCC[C@@H]2CC3=C(CCCC3=O)C[C@H]2CC1. The second-order valence-electron chi connectivity index (χ2n) is 7.80. The van der Waals surface area contributed by atoms with Crippen LogP contribution in [0.1, 0.15) is 90.4 Å². The van der Waals surface area contributed by atoms with Crippen molar-refractivity contribution in [1.82, 2.24) is 0 Å². The fourth-order valence-corrected chi connectivity index (χ4v) is 5.08. The van der Waals surface area contributed by atoms with Gasteiger partial charge in [0.25, 0.3) is 0 Å². The van der Waals surface area contributed by atoms with Crippen LogP contribution in [-0.2, 0) is 4.79 Å². The van der Waals surface area contributed by atoms with Gasteiger partial charge in [0, 0.05) is 6.42 Å². The van der Waals surface area contributed by atoms with Gasteiger partial charge in [-0.05, 0) is 61.9 Å². The van der Waals surface area contributed by atoms with E-state index < -0.39 is 0 Å². The van der Waals surface area contributed by atoms with Crippen LogP contribution < -0.4 is 0 Å². The molecule has 0 heterocycles. The molecule has 118 valence electrons. The third-order valence-electron chi connectivity index (χ3n) is 6.39. The Balaban J connectivity index is 1.64. The van der Waals surface area contributed by atoms with Crippen LogP contribution in [0.3, 0.4) is 0 Å². The molecular weight excluding hydrogens is 256 g/mol. The van der Waals surface area contributed by atoms with Crippen LogP contribution in [-0.4, -0.2) is 5.78 Å². The maximum Gasteiger partial charge on any atom is 0.158 e. The van der Waals surface area contributed by atoms with E-state index >= 15 is 0 Å². The average molecular weight is 288 g/mol. The van der Waals surface area contributed by atoms with Gasteiger partial charge >= 0.3 is 0 Å². The summed E-state index contributed by atoms with van der Waals surface area (Å²) >= 11 is 0. The van der Waals surface area contributed by atoms with Crippen LogP contribution in [0.2, 0.25) is 0 Å². The molecule has 21 heavy (non-hydrogen) atoms. The van der Waals surface area contributed by atoms with Gasteiger partial charge in [-0.1, -0.05) is 51.0 Å². The number of hydrogen-bond acceptors (Lipinski definition) is 1. The average Bonchev–Trinajstić information content (AvgIpc) is 2.47. The summed E-state index contributed by atoms with van der Waals surface area (Å²) in [6.45, 7) is 2.31. The summed E-state index contributed by atoms with van der Waals surface area (Å²) in [5.74, 6) is 3.23. The van der Waals surface area contributed by atoms with Crippen molar-refractivity contribution < 1.29 is 4.79 Å². The molecule has 1 nitrogen and oxygen atoms in total. The van der Waals surface area contributed by atoms with Crippen molar-refractivity contribution in [2.75, 3.05) is 0 Å². The zero-order valence-electron chi connectivity index (χ0n) is 13.8. The Hall–Kier alpha value is -0.590. The second kappa shape index (κ2) is 7.11. The van der Waals surface area contributed by atoms with Gasteiger partial charge in [-0.3, -0.25) is 4.79 Å². The number of fused-ring (bicyclic) bond motifs is 1. The van der Waals surface area contributed by atoms with Crippen LogP contribution in [0.25, 0.3) is 0 Å². The molecule has 0 N–H and O–H groups in total. The largest absolute Gasteiger partial charge is 0.295 e. The maximum absolute atomic E-state index is 12.2. The summed E-state index contributed by atoms with van der Waals surface area (Å²) < 4.78 is 0. The molecule has 3 rings (SSSR count). The fourth-order valence-electron chi connectivity index (χ4n) is 5.08. The molecule has 0 aliphatic heterocycles. The van der Waals surface area contributed by atoms with Gasteiger partial charge in [0.2, 0.25) is 0 Å². The lowest BCUT2D eigenvalue weighted by Crippen LogP contribution is -2.28. The predicted octanol–water partition coefficient (Wildman–Crippen LogP) is 5.83. The minimum Gasteiger partial charge on any atom is -0.295 e. The van der Waals surface area contributed by atoms with E-state index in [1.165, 1.54) is 69.8 Å². The van der Waals surface area contributed by atoms with Gasteiger partial charge in [0.15, 0.2) is 5.78 Å². The number of unbranched alkanes of at least 4 members (excludes halogenated alkanes) is 1. The number of carbonyl (C=O) groups excluding carboxylic acids is 1. The Morgan fingerprint density at radius 3 is 2.67 bits per heavy atom. The summed E-state index contributed by atoms with van der Waals surface area (Å²) in [7, 11) is 0. The first-order valence-electron chi connectivity index (χ1n) is 9.52. The van der Waals surface area contributed by atoms with Crippen LogP contribution in [0.5, 0.6) is 0 Å². The number of hydrogen-bond donors (Lipinski definition) is 0. The van der Waals surface area contributed by atoms with Crippen molar-refractivity contribution in [1.29, 1.82) is 0 Å². The summed E-state index contributed by atoms with van der Waals surface area (Å²) in [6, 6.07) is 0. The van der Waals surface area contributed by atoms with Gasteiger partial charge in [-0.15, -0.1) is 0 Å². The van der Waals surface area contributed by atoms with Gasteiger partial charge in [-0.2, -0.15) is 0 Å². The molecule has 3 aliphatic carbocycles. The smallest absolute Gasteiger partial charge is 0.158 e. The quantitative estimate of drug-likeness (QED) is 0.638. The summed E-state index contributed by atoms with van der Waals surface area (Å²) in [4.78, 5) is 12.2. The first-order valence-corrected chi connectivity index (χ1v) is 9.52. The van der Waals surface area contributed by atoms with Crippen LogP contribution in [0, 0.1) is 17.8 Å². The van der Waals surface area contributed by atoms with Gasteiger partial charge < -0.3 is 0 Å². The molecule has 0 amide bonds. The number of ketones is 1. The Bertz CT molecular complexity index is 406. The number of rotatable bonds is 3. The van der Waals surface area contributed by atoms with E-state index in [-0.39, 0.29) is 0 Å². The third kappa shape index (κ3) is 3.60. The highest BCUT2D eigenvalue weighted by Gasteiger charge is 2.34. The lowest BCUT2D eigenvalue weighted by Gasteiger charge is -2.38. The molecule has 1 fully saturated rings. The molecule has 0 spiro atoms. The lowest BCUT2D eigenvalue weighted by atomic mass is 9.66. The lowest BCUT2D eigenvalue weighted by molar-refractivity contribution is -0.116. The van der Waals surface area contributed by atoms with Crippen molar-refractivity contribution >= 4 is 5.78 Å². The zero-order valence-corrected chi connectivity index (χ0v) is 13.8. The topological polar surface area (TPSA) is 17.1 Å². The molecule has 1 saturated carbocycles. The van der Waals surface area contributed by atoms with E-state index in [9.17, 15) is 4.79 Å². The molecule has 0 bridgehead atoms. The highest BCUT2D eigenvalue weighted by atomic mass is 16.1. The van der Waals surface area contributed by atoms with Crippen molar-refractivity contribution in [2.24, 2.45) is 17.8 Å². The monoisotopic (exact) mass is 288 g/mol. The summed E-state index contributed by atoms with van der Waals surface area (Å²) in [5.41, 5.74) is 2.85. The van der Waals surface area contributed by atoms with E-state index in [1.807, 2.05) is 0 Å². The minimum atomic E-state index is 0.498. The van der Waals surface area contributed by atoms with E-state index in [2.05, 4.69) is 6.92 Å². The molecule has 3 aliphatic rings. The summed E-state index contributed by atoms with van der Waals surface area (Å²) in [5, 5.41) is 0. The fraction of sp³-hybridized carbons (Fsp3) is 0.850. The minimum absolute atomic E-state index is 0.498. The molecule has 3 atom stereocenters. The van der Waals surface area contributed by atoms with Gasteiger partial charge in [0.05, 0.1) is 0 Å². The first-order chi connectivity index (χ1) is 10.3. The standard InChI is InChI=1S/C20H32O/c1-2-3-6-15-7-4-8-16-14-19-18(9-5-10-20(19)21)13-17(16)12-11-15/h15-17H,2-14H2,1H3/t15?,16-,17-/m1/s1. The van der Waals surface area contributed by atoms with Crippen LogP contribution >= 0.6 is 0 Å². The highest BCUT2D eigenvalue weighted by Crippen LogP contribution is 2.45. The molecule has 1 heteroatoms. The Labute approximate surface area is 130 Å². The maximum atomic E-state index is 12.2. The van der Waals surface area contributed by atoms with Crippen LogP contribution in [0.4, 0.5) is 0 Å². The zero-order chi connectivity index (χ0) is 14.7. The highest BCUT2D eigenvalue weighted by molar-refractivity contribution is 5.97. The van der Waals surface area contributed by atoms with Gasteiger partial charge in [0.1, 0.15) is 0 Å². The number of carbonyl (C=O) groups is 1. The van der Waals surface area contributed by atoms with Gasteiger partial charge in [-0.25, -0.2) is 0 Å². The van der Waals surface area contributed by atoms with E-state index in [1.54, 1.807) is 5.57 Å². The Morgan fingerprint density at radius 2 is 1.81 bits per heavy atom. The molecule has 0 aromatic rings. The Kier molecular flexibility index (Phi) is 5.19. The van der Waals surface area contributed by atoms with Crippen LogP contribution in [0.15, 0.2) is 11.1 Å². The molecule has 0 aromatic carbocycles. The molecule has 0 aromatic heterocycles. The third-order valence-corrected chi connectivity index (χ3v) is 6.39. The molecule has 0 saturated heterocycles. The number of Topliss-reactive ketones (excluding diaryl/α,β-unsaturated/α-hetero) is 1. The molecular formula is C20H32O. The number of allylic oxidation sites excluding steroid dienone is 2. The van der Waals surface area contributed by atoms with Crippen molar-refractivity contribution in [3.05, 3.63) is 11.1 Å². The Morgan fingerprint density at radius 1 is 0.952 bits per heavy atom. The van der Waals surface area contributed by atoms with E-state index in [4.69, 9.17) is 0 Å². The normalized spacial score (nSPS) is 34.0. The van der Waals surface area contributed by atoms with E-state index in [0.717, 1.165) is 37.0 Å². The molecule has 1 unspecified atom stereocenters. The first kappa shape index (κ1) is 15.3.